The van der Waals surface area contributed by atoms with E-state index in [1.165, 1.54) is 0 Å². The maximum absolute atomic E-state index is 11.8. The van der Waals surface area contributed by atoms with Gasteiger partial charge in [-0.05, 0) is 31.2 Å². The highest BCUT2D eigenvalue weighted by molar-refractivity contribution is 5.78. The molecule has 0 aromatic carbocycles. The monoisotopic (exact) mass is 212 g/mol. The fraction of sp³-hybridized carbons (Fsp3) is 0.917. The molecule has 1 saturated heterocycles. The van der Waals surface area contributed by atoms with Crippen LogP contribution in [0.5, 0.6) is 0 Å². The second-order valence-electron chi connectivity index (χ2n) is 5.17. The van der Waals surface area contributed by atoms with Crippen LogP contribution in [0.3, 0.4) is 0 Å². The topological polar surface area (TPSA) is 41.1 Å². The Morgan fingerprint density at radius 2 is 2.20 bits per heavy atom. The zero-order chi connectivity index (χ0) is 11.3. The van der Waals surface area contributed by atoms with Gasteiger partial charge in [-0.3, -0.25) is 4.79 Å². The van der Waals surface area contributed by atoms with Crippen LogP contribution in [0.25, 0.3) is 0 Å². The summed E-state index contributed by atoms with van der Waals surface area (Å²) in [6, 6.07) is 0. The molecular formula is C12H24N2O. The van der Waals surface area contributed by atoms with Crippen molar-refractivity contribution in [1.82, 2.24) is 10.6 Å². The van der Waals surface area contributed by atoms with Crippen LogP contribution in [-0.4, -0.2) is 25.5 Å². The molecule has 0 aromatic heterocycles. The summed E-state index contributed by atoms with van der Waals surface area (Å²) in [6.45, 7) is 9.27. The standard InChI is InChI=1S/C12H24N2O/c1-9(2)4-5-14-12(15)11-6-10(3)7-13-8-11/h9-11,13H,4-8H2,1-3H3,(H,14,15). The van der Waals surface area contributed by atoms with E-state index in [0.717, 1.165) is 32.5 Å². The molecule has 88 valence electrons. The van der Waals surface area contributed by atoms with E-state index >= 15 is 0 Å². The number of carbonyl (C=O) groups is 1. The van der Waals surface area contributed by atoms with Gasteiger partial charge in [0.1, 0.15) is 0 Å². The van der Waals surface area contributed by atoms with Gasteiger partial charge in [0.15, 0.2) is 0 Å². The lowest BCUT2D eigenvalue weighted by Crippen LogP contribution is -2.43. The Hall–Kier alpha value is -0.570. The van der Waals surface area contributed by atoms with Crippen molar-refractivity contribution in [2.45, 2.75) is 33.6 Å². The van der Waals surface area contributed by atoms with E-state index in [9.17, 15) is 4.79 Å². The third kappa shape index (κ3) is 4.65. The van der Waals surface area contributed by atoms with Crippen molar-refractivity contribution in [3.05, 3.63) is 0 Å². The molecule has 0 aromatic rings. The van der Waals surface area contributed by atoms with Crippen molar-refractivity contribution in [3.8, 4) is 0 Å². The Morgan fingerprint density at radius 1 is 1.47 bits per heavy atom. The maximum Gasteiger partial charge on any atom is 0.224 e. The van der Waals surface area contributed by atoms with E-state index in [1.54, 1.807) is 0 Å². The Bertz CT molecular complexity index is 204. The van der Waals surface area contributed by atoms with E-state index in [0.29, 0.717) is 11.8 Å². The first-order chi connectivity index (χ1) is 7.09. The second kappa shape index (κ2) is 6.11. The fourth-order valence-corrected chi connectivity index (χ4v) is 1.98. The Morgan fingerprint density at radius 3 is 2.80 bits per heavy atom. The molecule has 0 saturated carbocycles. The average molecular weight is 212 g/mol. The highest BCUT2D eigenvalue weighted by Crippen LogP contribution is 2.15. The molecule has 0 spiro atoms. The third-order valence-electron chi connectivity index (χ3n) is 2.96. The number of piperidine rings is 1. The molecule has 0 aliphatic carbocycles. The molecule has 1 aliphatic rings. The predicted octanol–water partition coefficient (Wildman–Crippen LogP) is 1.39. The highest BCUT2D eigenvalue weighted by Gasteiger charge is 2.24. The quantitative estimate of drug-likeness (QED) is 0.739. The summed E-state index contributed by atoms with van der Waals surface area (Å²) in [5.41, 5.74) is 0. The van der Waals surface area contributed by atoms with Crippen LogP contribution < -0.4 is 10.6 Å². The lowest BCUT2D eigenvalue weighted by molar-refractivity contribution is -0.125. The zero-order valence-corrected chi connectivity index (χ0v) is 10.2. The Balaban J connectivity index is 2.21. The third-order valence-corrected chi connectivity index (χ3v) is 2.96. The van der Waals surface area contributed by atoms with Gasteiger partial charge in [0.25, 0.3) is 0 Å². The van der Waals surface area contributed by atoms with Gasteiger partial charge in [0, 0.05) is 13.1 Å². The lowest BCUT2D eigenvalue weighted by atomic mass is 9.91. The normalized spacial score (nSPS) is 26.7. The maximum atomic E-state index is 11.8. The molecule has 1 rings (SSSR count). The van der Waals surface area contributed by atoms with Gasteiger partial charge < -0.3 is 10.6 Å². The first kappa shape index (κ1) is 12.5. The van der Waals surface area contributed by atoms with Gasteiger partial charge in [-0.2, -0.15) is 0 Å². The van der Waals surface area contributed by atoms with E-state index < -0.39 is 0 Å². The van der Waals surface area contributed by atoms with Crippen LogP contribution >= 0.6 is 0 Å². The average Bonchev–Trinajstić information content (AvgIpc) is 2.17. The minimum atomic E-state index is 0.181. The summed E-state index contributed by atoms with van der Waals surface area (Å²) in [4.78, 5) is 11.8. The minimum Gasteiger partial charge on any atom is -0.356 e. The summed E-state index contributed by atoms with van der Waals surface area (Å²) >= 11 is 0. The molecule has 1 amide bonds. The van der Waals surface area contributed by atoms with Crippen LogP contribution in [0, 0.1) is 17.8 Å². The van der Waals surface area contributed by atoms with Crippen LogP contribution in [-0.2, 0) is 4.79 Å². The molecule has 1 heterocycles. The first-order valence-corrected chi connectivity index (χ1v) is 6.08. The van der Waals surface area contributed by atoms with Crippen LogP contribution in [0.2, 0.25) is 0 Å². The second-order valence-corrected chi connectivity index (χ2v) is 5.17. The molecule has 3 heteroatoms. The number of rotatable bonds is 4. The van der Waals surface area contributed by atoms with Crippen molar-refractivity contribution in [1.29, 1.82) is 0 Å². The molecule has 0 bridgehead atoms. The molecule has 2 unspecified atom stereocenters. The summed E-state index contributed by atoms with van der Waals surface area (Å²) < 4.78 is 0. The molecule has 2 atom stereocenters. The molecule has 15 heavy (non-hydrogen) atoms. The highest BCUT2D eigenvalue weighted by atomic mass is 16.1. The molecule has 1 aliphatic heterocycles. The van der Waals surface area contributed by atoms with Gasteiger partial charge in [0.2, 0.25) is 5.91 Å². The lowest BCUT2D eigenvalue weighted by Gasteiger charge is -2.26. The van der Waals surface area contributed by atoms with Crippen LogP contribution in [0.15, 0.2) is 0 Å². The number of nitrogens with one attached hydrogen (secondary N) is 2. The Labute approximate surface area is 93.0 Å². The molecule has 0 radical (unpaired) electrons. The van der Waals surface area contributed by atoms with Gasteiger partial charge in [0.05, 0.1) is 5.92 Å². The first-order valence-electron chi connectivity index (χ1n) is 6.08. The van der Waals surface area contributed by atoms with Gasteiger partial charge >= 0.3 is 0 Å². The summed E-state index contributed by atoms with van der Waals surface area (Å²) in [5, 5.41) is 6.33. The SMILES string of the molecule is CC(C)CCNC(=O)C1CNCC(C)C1. The van der Waals surface area contributed by atoms with Crippen molar-refractivity contribution >= 4 is 5.91 Å². The largest absolute Gasteiger partial charge is 0.356 e. The minimum absolute atomic E-state index is 0.181. The molecule has 3 nitrogen and oxygen atoms in total. The number of hydrogen-bond donors (Lipinski definition) is 2. The summed E-state index contributed by atoms with van der Waals surface area (Å²) in [5.74, 6) is 1.70. The summed E-state index contributed by atoms with van der Waals surface area (Å²) in [6.07, 6.45) is 2.10. The van der Waals surface area contributed by atoms with Crippen molar-refractivity contribution < 1.29 is 4.79 Å². The smallest absolute Gasteiger partial charge is 0.224 e. The van der Waals surface area contributed by atoms with Crippen molar-refractivity contribution in [2.75, 3.05) is 19.6 Å². The van der Waals surface area contributed by atoms with Crippen molar-refractivity contribution in [3.63, 3.8) is 0 Å². The molecular weight excluding hydrogens is 188 g/mol. The van der Waals surface area contributed by atoms with Crippen LogP contribution in [0.1, 0.15) is 33.6 Å². The van der Waals surface area contributed by atoms with Gasteiger partial charge in [-0.25, -0.2) is 0 Å². The van der Waals surface area contributed by atoms with E-state index in [1.807, 2.05) is 0 Å². The number of hydrogen-bond acceptors (Lipinski definition) is 2. The predicted molar refractivity (Wildman–Crippen MR) is 62.6 cm³/mol. The van der Waals surface area contributed by atoms with E-state index in [2.05, 4.69) is 31.4 Å². The number of amides is 1. The van der Waals surface area contributed by atoms with Gasteiger partial charge in [-0.1, -0.05) is 20.8 Å². The zero-order valence-electron chi connectivity index (χ0n) is 10.2. The fourth-order valence-electron chi connectivity index (χ4n) is 1.98. The van der Waals surface area contributed by atoms with Gasteiger partial charge in [-0.15, -0.1) is 0 Å². The van der Waals surface area contributed by atoms with E-state index in [4.69, 9.17) is 0 Å². The molecule has 2 N–H and O–H groups in total. The number of carbonyl (C=O) groups excluding carboxylic acids is 1. The van der Waals surface area contributed by atoms with E-state index in [-0.39, 0.29) is 11.8 Å². The summed E-state index contributed by atoms with van der Waals surface area (Å²) in [7, 11) is 0. The molecule has 1 fully saturated rings. The van der Waals surface area contributed by atoms with Crippen LogP contribution in [0.4, 0.5) is 0 Å². The van der Waals surface area contributed by atoms with Crippen molar-refractivity contribution in [2.24, 2.45) is 17.8 Å². The Kier molecular flexibility index (Phi) is 5.09.